The summed E-state index contributed by atoms with van der Waals surface area (Å²) in [5, 5.41) is 10.1. The van der Waals surface area contributed by atoms with Gasteiger partial charge in [-0.05, 0) is 26.2 Å². The first kappa shape index (κ1) is 19.4. The maximum Gasteiger partial charge on any atom is 0.189 e. The highest BCUT2D eigenvalue weighted by atomic mass is 16.3. The maximum absolute atomic E-state index is 10.1. The van der Waals surface area contributed by atoms with Crippen molar-refractivity contribution in [1.82, 2.24) is 0 Å². The molecule has 0 aliphatic carbocycles. The van der Waals surface area contributed by atoms with Gasteiger partial charge in [0.15, 0.2) is 12.4 Å². The summed E-state index contributed by atoms with van der Waals surface area (Å²) in [6.07, 6.45) is 18.1. The van der Waals surface area contributed by atoms with Crippen molar-refractivity contribution in [1.29, 1.82) is 0 Å². The first-order chi connectivity index (χ1) is 10.7. The van der Waals surface area contributed by atoms with Gasteiger partial charge in [-0.15, -0.1) is 0 Å². The Morgan fingerprint density at radius 1 is 1.14 bits per heavy atom. The maximum atomic E-state index is 10.1. The lowest BCUT2D eigenvalue weighted by Crippen LogP contribution is -2.57. The first-order valence-electron chi connectivity index (χ1n) is 9.38. The van der Waals surface area contributed by atoms with Crippen molar-refractivity contribution in [2.24, 2.45) is 4.99 Å². The summed E-state index contributed by atoms with van der Waals surface area (Å²) in [7, 11) is 0. The van der Waals surface area contributed by atoms with Gasteiger partial charge in [-0.2, -0.15) is 0 Å². The second-order valence-electron chi connectivity index (χ2n) is 6.65. The highest BCUT2D eigenvalue weighted by Gasteiger charge is 2.41. The monoisotopic (exact) mass is 309 g/mol. The zero-order valence-electron chi connectivity index (χ0n) is 15.0. The number of quaternary nitrogens is 1. The molecule has 3 heteroatoms. The predicted molar refractivity (Wildman–Crippen MR) is 96.0 cm³/mol. The van der Waals surface area contributed by atoms with Crippen LogP contribution in [0.2, 0.25) is 0 Å². The van der Waals surface area contributed by atoms with E-state index in [9.17, 15) is 5.11 Å². The van der Waals surface area contributed by atoms with Crippen molar-refractivity contribution < 1.29 is 9.59 Å². The standard InChI is InChI=1S/C19H37N2O/c1-4-6-7-8-9-10-11-12-13-14-15-19-20-16-17-21(19,5-2)18(3)22/h12-13,16,18-19,22H,4-11,14-15,17H2,1-3H3/q+1/b13-12+. The molecule has 0 aromatic rings. The molecule has 1 aliphatic heterocycles. The minimum atomic E-state index is -0.329. The summed E-state index contributed by atoms with van der Waals surface area (Å²) in [6.45, 7) is 8.15. The third-order valence-electron chi connectivity index (χ3n) is 5.11. The molecule has 0 amide bonds. The van der Waals surface area contributed by atoms with Gasteiger partial charge in [-0.1, -0.05) is 51.2 Å². The molecule has 0 spiro atoms. The van der Waals surface area contributed by atoms with Crippen LogP contribution in [0.3, 0.4) is 0 Å². The molecule has 3 unspecified atom stereocenters. The zero-order chi connectivity index (χ0) is 16.3. The number of nitrogens with zero attached hydrogens (tertiary/aromatic N) is 2. The molecule has 0 radical (unpaired) electrons. The van der Waals surface area contributed by atoms with E-state index < -0.39 is 0 Å². The molecule has 3 atom stereocenters. The van der Waals surface area contributed by atoms with E-state index in [-0.39, 0.29) is 12.4 Å². The molecule has 0 saturated heterocycles. The smallest absolute Gasteiger partial charge is 0.189 e. The lowest BCUT2D eigenvalue weighted by molar-refractivity contribution is -0.976. The van der Waals surface area contributed by atoms with Crippen molar-refractivity contribution in [3.63, 3.8) is 0 Å². The van der Waals surface area contributed by atoms with E-state index in [0.29, 0.717) is 4.48 Å². The van der Waals surface area contributed by atoms with Crippen LogP contribution in [-0.4, -0.2) is 41.3 Å². The zero-order valence-corrected chi connectivity index (χ0v) is 15.0. The number of hydrogen-bond acceptors (Lipinski definition) is 2. The average Bonchev–Trinajstić information content (AvgIpc) is 2.93. The van der Waals surface area contributed by atoms with Crippen LogP contribution < -0.4 is 0 Å². The molecular weight excluding hydrogens is 272 g/mol. The van der Waals surface area contributed by atoms with E-state index in [1.54, 1.807) is 0 Å². The van der Waals surface area contributed by atoms with Gasteiger partial charge in [0.25, 0.3) is 0 Å². The largest absolute Gasteiger partial charge is 0.345 e. The second kappa shape index (κ2) is 11.0. The van der Waals surface area contributed by atoms with Crippen LogP contribution in [0.5, 0.6) is 0 Å². The number of unbranched alkanes of at least 4 members (excludes halogenated alkanes) is 6. The lowest BCUT2D eigenvalue weighted by atomic mass is 10.1. The Hall–Kier alpha value is -0.670. The van der Waals surface area contributed by atoms with Crippen molar-refractivity contribution in [3.8, 4) is 0 Å². The second-order valence-corrected chi connectivity index (χ2v) is 6.65. The van der Waals surface area contributed by atoms with Gasteiger partial charge in [-0.3, -0.25) is 4.48 Å². The van der Waals surface area contributed by atoms with Gasteiger partial charge in [0.2, 0.25) is 0 Å². The molecule has 128 valence electrons. The van der Waals surface area contributed by atoms with Crippen molar-refractivity contribution in [3.05, 3.63) is 12.2 Å². The van der Waals surface area contributed by atoms with Crippen molar-refractivity contribution in [2.75, 3.05) is 13.1 Å². The Morgan fingerprint density at radius 3 is 2.50 bits per heavy atom. The van der Waals surface area contributed by atoms with Crippen LogP contribution in [0.1, 0.15) is 78.6 Å². The Labute approximate surface area is 137 Å². The molecule has 22 heavy (non-hydrogen) atoms. The van der Waals surface area contributed by atoms with E-state index in [2.05, 4.69) is 31.0 Å². The van der Waals surface area contributed by atoms with Crippen molar-refractivity contribution >= 4 is 6.21 Å². The summed E-state index contributed by atoms with van der Waals surface area (Å²) < 4.78 is 0.714. The number of aliphatic hydroxyl groups excluding tert-OH is 1. The van der Waals surface area contributed by atoms with E-state index >= 15 is 0 Å². The molecule has 0 bridgehead atoms. The predicted octanol–water partition coefficient (Wildman–Crippen LogP) is 4.66. The lowest BCUT2D eigenvalue weighted by Gasteiger charge is -2.40. The molecule has 0 fully saturated rings. The summed E-state index contributed by atoms with van der Waals surface area (Å²) in [5.74, 6) is 0. The molecule has 1 heterocycles. The molecule has 1 rings (SSSR count). The Morgan fingerprint density at radius 2 is 1.82 bits per heavy atom. The van der Waals surface area contributed by atoms with Crippen LogP contribution in [0.15, 0.2) is 17.1 Å². The SMILES string of the molecule is CCCCCCCC/C=C/CCC1N=CC[N+]1(CC)C(C)O. The first-order valence-corrected chi connectivity index (χ1v) is 9.38. The van der Waals surface area contributed by atoms with Crippen LogP contribution in [0.25, 0.3) is 0 Å². The molecule has 0 saturated carbocycles. The van der Waals surface area contributed by atoms with Crippen LogP contribution in [-0.2, 0) is 0 Å². The third-order valence-corrected chi connectivity index (χ3v) is 5.11. The number of hydrogen-bond donors (Lipinski definition) is 1. The van der Waals surface area contributed by atoms with Gasteiger partial charge >= 0.3 is 0 Å². The van der Waals surface area contributed by atoms with Crippen LogP contribution >= 0.6 is 0 Å². The van der Waals surface area contributed by atoms with Crippen LogP contribution in [0, 0.1) is 0 Å². The highest BCUT2D eigenvalue weighted by molar-refractivity contribution is 5.60. The number of aliphatic imine (C=N–C) groups is 1. The minimum Gasteiger partial charge on any atom is -0.345 e. The van der Waals surface area contributed by atoms with E-state index in [1.807, 2.05) is 13.1 Å². The molecular formula is C19H37N2O+. The summed E-state index contributed by atoms with van der Waals surface area (Å²) in [4.78, 5) is 4.61. The molecule has 3 nitrogen and oxygen atoms in total. The van der Waals surface area contributed by atoms with Crippen LogP contribution in [0.4, 0.5) is 0 Å². The van der Waals surface area contributed by atoms with Gasteiger partial charge < -0.3 is 5.11 Å². The quantitative estimate of drug-likeness (QED) is 0.317. The molecule has 0 aromatic carbocycles. The summed E-state index contributed by atoms with van der Waals surface area (Å²) in [5.41, 5.74) is 0. The van der Waals surface area contributed by atoms with E-state index in [0.717, 1.165) is 25.9 Å². The topological polar surface area (TPSA) is 32.6 Å². The molecule has 1 aliphatic rings. The fraction of sp³-hybridized carbons (Fsp3) is 0.842. The Bertz CT molecular complexity index is 338. The van der Waals surface area contributed by atoms with Gasteiger partial charge in [-0.25, -0.2) is 4.99 Å². The third kappa shape index (κ3) is 5.85. The van der Waals surface area contributed by atoms with Crippen molar-refractivity contribution in [2.45, 2.75) is 91.0 Å². The fourth-order valence-electron chi connectivity index (χ4n) is 3.44. The summed E-state index contributed by atoms with van der Waals surface area (Å²) in [6, 6.07) is 0. The van der Waals surface area contributed by atoms with Gasteiger partial charge in [0, 0.05) is 13.3 Å². The highest BCUT2D eigenvalue weighted by Crippen LogP contribution is 2.26. The molecule has 0 aromatic heterocycles. The number of allylic oxidation sites excluding steroid dienone is 2. The van der Waals surface area contributed by atoms with Gasteiger partial charge in [0.1, 0.15) is 6.54 Å². The number of aliphatic hydroxyl groups is 1. The Balaban J connectivity index is 2.15. The minimum absolute atomic E-state index is 0.240. The Kier molecular flexibility index (Phi) is 9.65. The normalized spacial score (nSPS) is 26.1. The average molecular weight is 310 g/mol. The number of rotatable bonds is 12. The fourth-order valence-corrected chi connectivity index (χ4v) is 3.44. The van der Waals surface area contributed by atoms with E-state index in [1.165, 1.54) is 44.9 Å². The van der Waals surface area contributed by atoms with Gasteiger partial charge in [0.05, 0.1) is 12.8 Å². The summed E-state index contributed by atoms with van der Waals surface area (Å²) >= 11 is 0. The van der Waals surface area contributed by atoms with E-state index in [4.69, 9.17) is 0 Å². The molecule has 1 N–H and O–H groups in total.